The van der Waals surface area contributed by atoms with Crippen LogP contribution < -0.4 is 10.6 Å². The van der Waals surface area contributed by atoms with Gasteiger partial charge in [0.1, 0.15) is 5.52 Å². The Bertz CT molecular complexity index is 1100. The van der Waals surface area contributed by atoms with Crippen molar-refractivity contribution >= 4 is 23.0 Å². The second-order valence-corrected chi connectivity index (χ2v) is 7.08. The average Bonchev–Trinajstić information content (AvgIpc) is 3.49. The van der Waals surface area contributed by atoms with E-state index in [-0.39, 0.29) is 18.0 Å². The molecular weight excluding hydrogens is 368 g/mol. The molecule has 1 unspecified atom stereocenters. The lowest BCUT2D eigenvalue weighted by atomic mass is 10.1. The number of para-hydroxylation sites is 3. The standard InChI is InChI=1S/C21H20N6O2/c28-20(14-6-1-3-10-18(14)27-22-12-13-23-27)24-15-8-5-9-16(15)25-21-26-17-7-2-4-11-19(17)29-21/h1-4,6-7,10-13,15-16H,5,8-9H2,(H,24,28)(H,25,26)/t15?,16-/m0/s1. The molecule has 0 bridgehead atoms. The van der Waals surface area contributed by atoms with Gasteiger partial charge in [-0.1, -0.05) is 24.3 Å². The topological polar surface area (TPSA) is 97.9 Å². The summed E-state index contributed by atoms with van der Waals surface area (Å²) < 4.78 is 5.78. The SMILES string of the molecule is O=C(NC1CCC[C@@H]1Nc1nc2ccccc2o1)c1ccccc1-n1nccn1. The number of aromatic nitrogens is 4. The molecule has 2 N–H and O–H groups in total. The number of carbonyl (C=O) groups excluding carboxylic acids is 1. The van der Waals surface area contributed by atoms with Gasteiger partial charge in [-0.2, -0.15) is 20.0 Å². The molecule has 1 amide bonds. The Morgan fingerprint density at radius 2 is 1.76 bits per heavy atom. The van der Waals surface area contributed by atoms with Gasteiger partial charge in [-0.3, -0.25) is 4.79 Å². The van der Waals surface area contributed by atoms with E-state index in [1.807, 2.05) is 42.5 Å². The third kappa shape index (κ3) is 3.44. The predicted octanol–water partition coefficient (Wildman–Crippen LogP) is 3.17. The second-order valence-electron chi connectivity index (χ2n) is 7.08. The Hall–Kier alpha value is -3.68. The first-order chi connectivity index (χ1) is 14.3. The summed E-state index contributed by atoms with van der Waals surface area (Å²) in [6.07, 6.45) is 6.03. The van der Waals surface area contributed by atoms with Gasteiger partial charge in [-0.15, -0.1) is 0 Å². The molecule has 8 nitrogen and oxygen atoms in total. The van der Waals surface area contributed by atoms with Gasteiger partial charge in [-0.05, 0) is 43.5 Å². The number of amides is 1. The van der Waals surface area contributed by atoms with E-state index in [4.69, 9.17) is 4.42 Å². The fourth-order valence-corrected chi connectivity index (χ4v) is 3.82. The number of anilines is 1. The highest BCUT2D eigenvalue weighted by Crippen LogP contribution is 2.26. The van der Waals surface area contributed by atoms with Crippen molar-refractivity contribution in [3.63, 3.8) is 0 Å². The van der Waals surface area contributed by atoms with Crippen molar-refractivity contribution in [2.24, 2.45) is 0 Å². The first-order valence-electron chi connectivity index (χ1n) is 9.66. The third-order valence-corrected chi connectivity index (χ3v) is 5.22. The van der Waals surface area contributed by atoms with Crippen molar-refractivity contribution in [2.75, 3.05) is 5.32 Å². The van der Waals surface area contributed by atoms with E-state index in [0.29, 0.717) is 17.3 Å². The number of hydrogen-bond acceptors (Lipinski definition) is 6. The maximum absolute atomic E-state index is 13.0. The van der Waals surface area contributed by atoms with E-state index in [9.17, 15) is 4.79 Å². The van der Waals surface area contributed by atoms with Gasteiger partial charge in [0.25, 0.3) is 11.9 Å². The third-order valence-electron chi connectivity index (χ3n) is 5.22. The van der Waals surface area contributed by atoms with Crippen LogP contribution in [0.25, 0.3) is 16.8 Å². The molecule has 5 rings (SSSR count). The molecule has 2 aromatic heterocycles. The number of fused-ring (bicyclic) bond motifs is 1. The molecule has 0 aliphatic heterocycles. The average molecular weight is 388 g/mol. The largest absolute Gasteiger partial charge is 0.424 e. The van der Waals surface area contributed by atoms with Crippen LogP contribution in [0.15, 0.2) is 65.3 Å². The van der Waals surface area contributed by atoms with Crippen LogP contribution in [0.4, 0.5) is 6.01 Å². The Kier molecular flexibility index (Phi) is 4.44. The minimum Gasteiger partial charge on any atom is -0.424 e. The van der Waals surface area contributed by atoms with Crippen LogP contribution in [0.3, 0.4) is 0 Å². The summed E-state index contributed by atoms with van der Waals surface area (Å²) in [7, 11) is 0. The summed E-state index contributed by atoms with van der Waals surface area (Å²) in [5, 5.41) is 14.8. The lowest BCUT2D eigenvalue weighted by Gasteiger charge is -2.22. The summed E-state index contributed by atoms with van der Waals surface area (Å²) in [4.78, 5) is 19.0. The van der Waals surface area contributed by atoms with Crippen molar-refractivity contribution in [2.45, 2.75) is 31.3 Å². The van der Waals surface area contributed by atoms with Crippen LogP contribution in [-0.2, 0) is 0 Å². The minimum absolute atomic E-state index is 0.0175. The van der Waals surface area contributed by atoms with Crippen molar-refractivity contribution < 1.29 is 9.21 Å². The van der Waals surface area contributed by atoms with E-state index < -0.39 is 0 Å². The Morgan fingerprint density at radius 3 is 2.62 bits per heavy atom. The maximum atomic E-state index is 13.0. The van der Waals surface area contributed by atoms with Gasteiger partial charge in [0.15, 0.2) is 5.58 Å². The van der Waals surface area contributed by atoms with Gasteiger partial charge in [0, 0.05) is 6.04 Å². The molecule has 1 saturated carbocycles. The van der Waals surface area contributed by atoms with Gasteiger partial charge >= 0.3 is 0 Å². The number of oxazole rings is 1. The highest BCUT2D eigenvalue weighted by atomic mass is 16.4. The van der Waals surface area contributed by atoms with Gasteiger partial charge in [0.05, 0.1) is 29.7 Å². The molecular formula is C21H20N6O2. The number of nitrogens with zero attached hydrogens (tertiary/aromatic N) is 4. The fraction of sp³-hybridized carbons (Fsp3) is 0.238. The zero-order valence-corrected chi connectivity index (χ0v) is 15.7. The molecule has 1 fully saturated rings. The normalized spacial score (nSPS) is 18.8. The molecule has 146 valence electrons. The van der Waals surface area contributed by atoms with Crippen LogP contribution in [-0.4, -0.2) is 38.0 Å². The Labute approximate surface area is 166 Å². The number of nitrogens with one attached hydrogen (secondary N) is 2. The van der Waals surface area contributed by atoms with Gasteiger partial charge < -0.3 is 15.1 Å². The summed E-state index contributed by atoms with van der Waals surface area (Å²) in [5.74, 6) is -0.144. The molecule has 4 aromatic rings. The predicted molar refractivity (Wildman–Crippen MR) is 108 cm³/mol. The zero-order chi connectivity index (χ0) is 19.6. The van der Waals surface area contributed by atoms with Crippen molar-refractivity contribution in [1.82, 2.24) is 25.3 Å². The molecule has 2 heterocycles. The second kappa shape index (κ2) is 7.38. The fourth-order valence-electron chi connectivity index (χ4n) is 3.82. The zero-order valence-electron chi connectivity index (χ0n) is 15.7. The molecule has 2 atom stereocenters. The smallest absolute Gasteiger partial charge is 0.295 e. The first kappa shape index (κ1) is 17.4. The number of hydrogen-bond donors (Lipinski definition) is 2. The van der Waals surface area contributed by atoms with Crippen LogP contribution in [0, 0.1) is 0 Å². The van der Waals surface area contributed by atoms with Crippen molar-refractivity contribution in [3.8, 4) is 5.69 Å². The number of benzene rings is 2. The summed E-state index contributed by atoms with van der Waals surface area (Å²) in [6.45, 7) is 0. The summed E-state index contributed by atoms with van der Waals surface area (Å²) in [5.41, 5.74) is 2.75. The summed E-state index contributed by atoms with van der Waals surface area (Å²) in [6, 6.07) is 15.5. The number of rotatable bonds is 5. The molecule has 1 aliphatic carbocycles. The Morgan fingerprint density at radius 1 is 1.00 bits per heavy atom. The van der Waals surface area contributed by atoms with E-state index in [0.717, 1.165) is 30.4 Å². The molecule has 8 heteroatoms. The molecule has 2 aromatic carbocycles. The van der Waals surface area contributed by atoms with Crippen LogP contribution in [0.5, 0.6) is 0 Å². The lowest BCUT2D eigenvalue weighted by molar-refractivity contribution is 0.0935. The minimum atomic E-state index is -0.144. The van der Waals surface area contributed by atoms with E-state index in [2.05, 4.69) is 25.8 Å². The molecule has 0 radical (unpaired) electrons. The highest BCUT2D eigenvalue weighted by Gasteiger charge is 2.30. The van der Waals surface area contributed by atoms with Crippen molar-refractivity contribution in [1.29, 1.82) is 0 Å². The van der Waals surface area contributed by atoms with E-state index >= 15 is 0 Å². The first-order valence-corrected chi connectivity index (χ1v) is 9.66. The van der Waals surface area contributed by atoms with Crippen LogP contribution in [0.1, 0.15) is 29.6 Å². The molecule has 0 spiro atoms. The monoisotopic (exact) mass is 388 g/mol. The summed E-state index contributed by atoms with van der Waals surface area (Å²) >= 11 is 0. The Balaban J connectivity index is 1.33. The molecule has 1 aliphatic rings. The highest BCUT2D eigenvalue weighted by molar-refractivity contribution is 5.98. The van der Waals surface area contributed by atoms with Crippen LogP contribution >= 0.6 is 0 Å². The van der Waals surface area contributed by atoms with E-state index in [1.165, 1.54) is 4.80 Å². The number of carbonyl (C=O) groups is 1. The van der Waals surface area contributed by atoms with Gasteiger partial charge in [0.2, 0.25) is 0 Å². The maximum Gasteiger partial charge on any atom is 0.295 e. The molecule has 0 saturated heterocycles. The lowest BCUT2D eigenvalue weighted by Crippen LogP contribution is -2.43. The van der Waals surface area contributed by atoms with E-state index in [1.54, 1.807) is 18.5 Å². The van der Waals surface area contributed by atoms with Crippen molar-refractivity contribution in [3.05, 3.63) is 66.5 Å². The van der Waals surface area contributed by atoms with Gasteiger partial charge in [-0.25, -0.2) is 0 Å². The van der Waals surface area contributed by atoms with Crippen LogP contribution in [0.2, 0.25) is 0 Å². The quantitative estimate of drug-likeness (QED) is 0.545. The molecule has 29 heavy (non-hydrogen) atoms.